The molecule has 22 heavy (non-hydrogen) atoms. The molecule has 0 unspecified atom stereocenters. The molecule has 0 bridgehead atoms. The molecule has 0 aliphatic carbocycles. The summed E-state index contributed by atoms with van der Waals surface area (Å²) in [4.78, 5) is 5.24. The van der Waals surface area contributed by atoms with E-state index in [0.717, 1.165) is 0 Å². The Bertz CT molecular complexity index is 736. The highest BCUT2D eigenvalue weighted by atomic mass is 15.2. The number of rotatable bonds is 0. The molecule has 112 valence electrons. The zero-order valence-corrected chi connectivity index (χ0v) is 13.1. The Hall–Kier alpha value is -1.80. The van der Waals surface area contributed by atoms with Crippen LogP contribution in [0.15, 0.2) is 42.5 Å². The van der Waals surface area contributed by atoms with Crippen molar-refractivity contribution < 1.29 is 0 Å². The van der Waals surface area contributed by atoms with E-state index >= 15 is 0 Å². The van der Waals surface area contributed by atoms with Crippen LogP contribution < -0.4 is 4.90 Å². The Labute approximate surface area is 132 Å². The van der Waals surface area contributed by atoms with Crippen molar-refractivity contribution in [1.82, 2.24) is 4.90 Å². The van der Waals surface area contributed by atoms with Crippen molar-refractivity contribution in [3.05, 3.63) is 53.6 Å². The molecule has 0 spiro atoms. The third-order valence-electron chi connectivity index (χ3n) is 5.86. The number of para-hydroxylation sites is 1. The number of hydrogen-bond donors (Lipinski definition) is 0. The van der Waals surface area contributed by atoms with Crippen molar-refractivity contribution in [2.45, 2.75) is 24.8 Å². The Morgan fingerprint density at radius 3 is 2.77 bits per heavy atom. The molecule has 3 aliphatic heterocycles. The molecule has 2 aromatic rings. The van der Waals surface area contributed by atoms with Crippen molar-refractivity contribution in [2.75, 3.05) is 31.6 Å². The maximum absolute atomic E-state index is 2.74. The normalized spacial score (nSPS) is 26.1. The van der Waals surface area contributed by atoms with Gasteiger partial charge in [0.1, 0.15) is 0 Å². The average Bonchev–Trinajstić information content (AvgIpc) is 2.75. The van der Waals surface area contributed by atoms with Crippen LogP contribution in [0.2, 0.25) is 0 Å². The van der Waals surface area contributed by atoms with Gasteiger partial charge in [0.25, 0.3) is 0 Å². The van der Waals surface area contributed by atoms with Crippen LogP contribution in [0, 0.1) is 0 Å². The summed E-state index contributed by atoms with van der Waals surface area (Å²) in [6.07, 6.45) is 2.47. The van der Waals surface area contributed by atoms with Crippen molar-refractivity contribution in [2.24, 2.45) is 0 Å². The number of anilines is 1. The van der Waals surface area contributed by atoms with Gasteiger partial charge in [-0.1, -0.05) is 42.5 Å². The quantitative estimate of drug-likeness (QED) is 0.732. The third kappa shape index (κ3) is 1.65. The average molecular weight is 290 g/mol. The highest BCUT2D eigenvalue weighted by Crippen LogP contribution is 2.50. The Kier molecular flexibility index (Phi) is 2.66. The molecule has 0 amide bonds. The van der Waals surface area contributed by atoms with Gasteiger partial charge in [-0.2, -0.15) is 0 Å². The van der Waals surface area contributed by atoms with E-state index in [1.165, 1.54) is 54.9 Å². The lowest BCUT2D eigenvalue weighted by molar-refractivity contribution is 0.231. The topological polar surface area (TPSA) is 6.48 Å². The molecule has 0 saturated carbocycles. The van der Waals surface area contributed by atoms with E-state index in [1.807, 2.05) is 0 Å². The van der Waals surface area contributed by atoms with Gasteiger partial charge in [0.15, 0.2) is 0 Å². The highest BCUT2D eigenvalue weighted by molar-refractivity contribution is 5.86. The van der Waals surface area contributed by atoms with Gasteiger partial charge in [-0.05, 0) is 43.1 Å². The number of benzene rings is 2. The molecule has 3 heterocycles. The molecule has 5 rings (SSSR count). The van der Waals surface area contributed by atoms with E-state index in [-0.39, 0.29) is 0 Å². The van der Waals surface area contributed by atoms with Crippen molar-refractivity contribution in [1.29, 1.82) is 0 Å². The summed E-state index contributed by atoms with van der Waals surface area (Å²) >= 11 is 0. The van der Waals surface area contributed by atoms with Crippen molar-refractivity contribution >= 4 is 5.69 Å². The number of nitrogens with zero attached hydrogens (tertiary/aromatic N) is 2. The lowest BCUT2D eigenvalue weighted by atomic mass is 9.87. The molecule has 2 nitrogen and oxygen atoms in total. The van der Waals surface area contributed by atoms with Gasteiger partial charge < -0.3 is 9.80 Å². The Balaban J connectivity index is 1.74. The maximum Gasteiger partial charge on any atom is 0.0485 e. The number of fused-ring (bicyclic) bond motifs is 5. The molecule has 2 atom stereocenters. The van der Waals surface area contributed by atoms with E-state index in [2.05, 4.69) is 59.3 Å². The van der Waals surface area contributed by atoms with Crippen molar-refractivity contribution in [3.8, 4) is 11.1 Å². The second-order valence-electron chi connectivity index (χ2n) is 7.07. The van der Waals surface area contributed by atoms with Gasteiger partial charge in [-0.25, -0.2) is 0 Å². The number of likely N-dealkylation sites (tertiary alicyclic amines) is 1. The van der Waals surface area contributed by atoms with Crippen LogP contribution in [0.1, 0.15) is 23.5 Å². The van der Waals surface area contributed by atoms with Gasteiger partial charge >= 0.3 is 0 Å². The van der Waals surface area contributed by atoms with E-state index < -0.39 is 0 Å². The molecule has 0 N–H and O–H groups in total. The van der Waals surface area contributed by atoms with Crippen LogP contribution >= 0.6 is 0 Å². The minimum atomic E-state index is 0.693. The monoisotopic (exact) mass is 290 g/mol. The number of hydrogen-bond acceptors (Lipinski definition) is 2. The molecule has 3 aliphatic rings. The Morgan fingerprint density at radius 2 is 1.82 bits per heavy atom. The molecule has 2 heteroatoms. The molecule has 0 radical (unpaired) electrons. The smallest absolute Gasteiger partial charge is 0.0485 e. The molecular weight excluding hydrogens is 268 g/mol. The summed E-state index contributed by atoms with van der Waals surface area (Å²) in [5.74, 6) is 0.693. The van der Waals surface area contributed by atoms with E-state index in [1.54, 1.807) is 5.56 Å². The van der Waals surface area contributed by atoms with Crippen LogP contribution in [-0.4, -0.2) is 37.6 Å². The van der Waals surface area contributed by atoms with Gasteiger partial charge in [0.2, 0.25) is 0 Å². The largest absolute Gasteiger partial charge is 0.367 e. The highest BCUT2D eigenvalue weighted by Gasteiger charge is 2.42. The van der Waals surface area contributed by atoms with Gasteiger partial charge in [0, 0.05) is 36.3 Å². The first-order chi connectivity index (χ1) is 10.8. The molecule has 2 aromatic carbocycles. The standard InChI is InChI=1S/C20H22N2/c1-21-11-10-19-18(13-21)17-8-4-7-16-15-6-3-2-5-14(15)9-12-22(19)20(16)17/h2-8,18-19H,9-13H2,1H3/t18-,19+/m0/s1. The maximum atomic E-state index is 2.74. The predicted molar refractivity (Wildman–Crippen MR) is 91.6 cm³/mol. The molecule has 1 fully saturated rings. The second-order valence-corrected chi connectivity index (χ2v) is 7.07. The van der Waals surface area contributed by atoms with Gasteiger partial charge in [-0.15, -0.1) is 0 Å². The van der Waals surface area contributed by atoms with E-state index in [0.29, 0.717) is 12.0 Å². The fourth-order valence-electron chi connectivity index (χ4n) is 4.87. The first kappa shape index (κ1) is 12.7. The van der Waals surface area contributed by atoms with Gasteiger partial charge in [0.05, 0.1) is 0 Å². The number of piperidine rings is 1. The fraction of sp³-hybridized carbons (Fsp3) is 0.400. The predicted octanol–water partition coefficient (Wildman–Crippen LogP) is 3.52. The zero-order chi connectivity index (χ0) is 14.7. The zero-order valence-electron chi connectivity index (χ0n) is 13.1. The molecule has 0 aromatic heterocycles. The van der Waals surface area contributed by atoms with Crippen LogP contribution in [0.3, 0.4) is 0 Å². The second kappa shape index (κ2) is 4.60. The lowest BCUT2D eigenvalue weighted by Gasteiger charge is -2.37. The van der Waals surface area contributed by atoms with Crippen LogP contribution in [-0.2, 0) is 6.42 Å². The Morgan fingerprint density at radius 1 is 0.955 bits per heavy atom. The molecular formula is C20H22N2. The minimum absolute atomic E-state index is 0.693. The summed E-state index contributed by atoms with van der Waals surface area (Å²) in [5, 5.41) is 0. The van der Waals surface area contributed by atoms with E-state index in [4.69, 9.17) is 0 Å². The summed E-state index contributed by atoms with van der Waals surface area (Å²) < 4.78 is 0. The number of likely N-dealkylation sites (N-methyl/N-ethyl adjacent to an activating group) is 1. The summed E-state index contributed by atoms with van der Waals surface area (Å²) in [6.45, 7) is 3.61. The summed E-state index contributed by atoms with van der Waals surface area (Å²) in [7, 11) is 2.27. The van der Waals surface area contributed by atoms with Crippen LogP contribution in [0.4, 0.5) is 5.69 Å². The lowest BCUT2D eigenvalue weighted by Crippen LogP contribution is -2.45. The van der Waals surface area contributed by atoms with Crippen LogP contribution in [0.5, 0.6) is 0 Å². The van der Waals surface area contributed by atoms with Gasteiger partial charge in [-0.3, -0.25) is 0 Å². The summed E-state index contributed by atoms with van der Waals surface area (Å²) in [5.41, 5.74) is 7.55. The minimum Gasteiger partial charge on any atom is -0.367 e. The summed E-state index contributed by atoms with van der Waals surface area (Å²) in [6, 6.07) is 16.7. The third-order valence-corrected chi connectivity index (χ3v) is 5.86. The molecule has 1 saturated heterocycles. The SMILES string of the molecule is CN1CC[C@@H]2[C@@H](C1)c1cccc3c1N2CCc1ccccc1-3. The first-order valence-corrected chi connectivity index (χ1v) is 8.49. The van der Waals surface area contributed by atoms with E-state index in [9.17, 15) is 0 Å². The van der Waals surface area contributed by atoms with Crippen LogP contribution in [0.25, 0.3) is 11.1 Å². The first-order valence-electron chi connectivity index (χ1n) is 8.49. The fourth-order valence-corrected chi connectivity index (χ4v) is 4.87. The van der Waals surface area contributed by atoms with Crippen molar-refractivity contribution in [3.63, 3.8) is 0 Å².